The van der Waals surface area contributed by atoms with Crippen LogP contribution in [0.3, 0.4) is 0 Å². The van der Waals surface area contributed by atoms with Gasteiger partial charge in [0.2, 0.25) is 5.91 Å². The zero-order valence-corrected chi connectivity index (χ0v) is 27.8. The number of pyridine rings is 2. The number of nitrogens with one attached hydrogen (secondary N) is 2. The van der Waals surface area contributed by atoms with Crippen molar-refractivity contribution in [3.05, 3.63) is 90.0 Å². The molecule has 0 bridgehead atoms. The van der Waals surface area contributed by atoms with E-state index in [1.165, 1.54) is 0 Å². The van der Waals surface area contributed by atoms with Gasteiger partial charge in [0.1, 0.15) is 11.8 Å². The highest BCUT2D eigenvalue weighted by Crippen LogP contribution is 2.38. The minimum atomic E-state index is -0.274. The molecule has 0 atom stereocenters. The molecular formula is C37H40N8O3. The average Bonchev–Trinajstić information content (AvgIpc) is 3.46. The van der Waals surface area contributed by atoms with Crippen LogP contribution in [0.4, 0.5) is 17.1 Å². The average molecular weight is 645 g/mol. The maximum Gasteiger partial charge on any atom is 0.248 e. The smallest absolute Gasteiger partial charge is 0.248 e. The second-order valence-corrected chi connectivity index (χ2v) is 12.3. The Morgan fingerprint density at radius 3 is 2.81 bits per heavy atom. The number of benzene rings is 2. The molecule has 11 nitrogen and oxygen atoms in total. The van der Waals surface area contributed by atoms with E-state index in [1.807, 2.05) is 79.3 Å². The number of carbonyl (C=O) groups excluding carboxylic acids is 1. The molecule has 1 amide bonds. The van der Waals surface area contributed by atoms with E-state index in [1.54, 1.807) is 12.3 Å². The summed E-state index contributed by atoms with van der Waals surface area (Å²) >= 11 is 0. The first-order valence-corrected chi connectivity index (χ1v) is 16.3. The number of aromatic nitrogens is 4. The number of rotatable bonds is 11. The van der Waals surface area contributed by atoms with E-state index in [0.29, 0.717) is 72.0 Å². The molecule has 2 aromatic carbocycles. The molecule has 11 heteroatoms. The van der Waals surface area contributed by atoms with Crippen molar-refractivity contribution >= 4 is 44.8 Å². The number of fused-ring (bicyclic) bond motifs is 2. The van der Waals surface area contributed by atoms with Crippen molar-refractivity contribution < 1.29 is 14.3 Å². The Morgan fingerprint density at radius 2 is 2.06 bits per heavy atom. The van der Waals surface area contributed by atoms with E-state index in [4.69, 9.17) is 14.5 Å². The second-order valence-electron chi connectivity index (χ2n) is 12.3. The number of anilines is 3. The van der Waals surface area contributed by atoms with Crippen LogP contribution in [0.1, 0.15) is 44.6 Å². The van der Waals surface area contributed by atoms with Gasteiger partial charge in [-0.1, -0.05) is 19.1 Å². The Kier molecular flexibility index (Phi) is 9.66. The number of amides is 1. The van der Waals surface area contributed by atoms with Gasteiger partial charge in [-0.2, -0.15) is 10.4 Å². The van der Waals surface area contributed by atoms with Crippen LogP contribution in [-0.4, -0.2) is 69.0 Å². The van der Waals surface area contributed by atoms with Gasteiger partial charge in [-0.3, -0.25) is 24.3 Å². The molecule has 48 heavy (non-hydrogen) atoms. The summed E-state index contributed by atoms with van der Waals surface area (Å²) in [5, 5.41) is 23.0. The Hall–Kier alpha value is -5.31. The van der Waals surface area contributed by atoms with Gasteiger partial charge in [0.05, 0.1) is 70.9 Å². The Bertz CT molecular complexity index is 2010. The van der Waals surface area contributed by atoms with Crippen molar-refractivity contribution in [2.45, 2.75) is 46.3 Å². The Morgan fingerprint density at radius 1 is 1.19 bits per heavy atom. The fourth-order valence-electron chi connectivity index (χ4n) is 6.05. The normalized spacial score (nSPS) is 14.7. The van der Waals surface area contributed by atoms with Gasteiger partial charge in [0, 0.05) is 54.4 Å². The van der Waals surface area contributed by atoms with Crippen molar-refractivity contribution in [1.82, 2.24) is 24.6 Å². The fraction of sp³-hybridized carbons (Fsp3) is 0.324. The van der Waals surface area contributed by atoms with Crippen LogP contribution >= 0.6 is 0 Å². The van der Waals surface area contributed by atoms with Gasteiger partial charge in [-0.15, -0.1) is 0 Å². The monoisotopic (exact) mass is 644 g/mol. The number of carbonyl (C=O) groups is 1. The van der Waals surface area contributed by atoms with Crippen molar-refractivity contribution in [2.75, 3.05) is 43.5 Å². The molecule has 4 heterocycles. The number of ether oxygens (including phenoxy) is 2. The third-order valence-corrected chi connectivity index (χ3v) is 8.25. The van der Waals surface area contributed by atoms with Crippen LogP contribution in [0.25, 0.3) is 21.8 Å². The SMILES string of the molecule is CCOc1cc2nc(CC)c(C#N)c(Nc3ccc4c(cnn4Cc4ccccn4)c3)c2cc1NC(=O)/C=C/CN1CCOC(C)(C)C1. The molecule has 1 saturated heterocycles. The van der Waals surface area contributed by atoms with Gasteiger partial charge >= 0.3 is 0 Å². The van der Waals surface area contributed by atoms with Gasteiger partial charge < -0.3 is 20.1 Å². The first-order chi connectivity index (χ1) is 23.3. The number of nitrogens with zero attached hydrogens (tertiary/aromatic N) is 6. The summed E-state index contributed by atoms with van der Waals surface area (Å²) in [5.74, 6) is 0.234. The van der Waals surface area contributed by atoms with E-state index < -0.39 is 0 Å². The molecule has 6 rings (SSSR count). The summed E-state index contributed by atoms with van der Waals surface area (Å²) in [6.45, 7) is 11.9. The van der Waals surface area contributed by atoms with E-state index in [9.17, 15) is 10.1 Å². The topological polar surface area (TPSA) is 130 Å². The molecule has 0 radical (unpaired) electrons. The molecule has 3 aromatic heterocycles. The van der Waals surface area contributed by atoms with Crippen molar-refractivity contribution in [3.63, 3.8) is 0 Å². The summed E-state index contributed by atoms with van der Waals surface area (Å²) in [7, 11) is 0. The minimum absolute atomic E-state index is 0.209. The number of morpholine rings is 1. The Balaban J connectivity index is 1.31. The first-order valence-electron chi connectivity index (χ1n) is 16.3. The summed E-state index contributed by atoms with van der Waals surface area (Å²) in [6.07, 6.45) is 7.58. The molecular weight excluding hydrogens is 604 g/mol. The summed E-state index contributed by atoms with van der Waals surface area (Å²) in [5.41, 5.74) is 5.36. The number of nitriles is 1. The van der Waals surface area contributed by atoms with E-state index in [2.05, 4.69) is 45.5 Å². The van der Waals surface area contributed by atoms with E-state index in [-0.39, 0.29) is 11.5 Å². The van der Waals surface area contributed by atoms with Gasteiger partial charge in [-0.25, -0.2) is 0 Å². The maximum atomic E-state index is 13.1. The molecule has 0 unspecified atom stereocenters. The zero-order valence-electron chi connectivity index (χ0n) is 27.8. The third-order valence-electron chi connectivity index (χ3n) is 8.25. The predicted molar refractivity (Wildman–Crippen MR) is 188 cm³/mol. The van der Waals surface area contributed by atoms with Crippen LogP contribution < -0.4 is 15.4 Å². The second kappa shape index (κ2) is 14.2. The van der Waals surface area contributed by atoms with Gasteiger partial charge in [0.25, 0.3) is 0 Å². The third kappa shape index (κ3) is 7.30. The van der Waals surface area contributed by atoms with Crippen molar-refractivity contribution in [3.8, 4) is 11.8 Å². The number of hydrogen-bond donors (Lipinski definition) is 2. The molecule has 1 aliphatic heterocycles. The lowest BCUT2D eigenvalue weighted by atomic mass is 10.0. The van der Waals surface area contributed by atoms with E-state index in [0.717, 1.165) is 35.4 Å². The molecule has 1 fully saturated rings. The van der Waals surface area contributed by atoms with Crippen molar-refractivity contribution in [2.24, 2.45) is 0 Å². The van der Waals surface area contributed by atoms with Crippen LogP contribution in [-0.2, 0) is 22.5 Å². The lowest BCUT2D eigenvalue weighted by molar-refractivity contribution is -0.111. The molecule has 0 saturated carbocycles. The van der Waals surface area contributed by atoms with Gasteiger partial charge in [0.15, 0.2) is 0 Å². The summed E-state index contributed by atoms with van der Waals surface area (Å²) in [4.78, 5) is 24.6. The minimum Gasteiger partial charge on any atom is -0.492 e. The fourth-order valence-corrected chi connectivity index (χ4v) is 6.05. The zero-order chi connectivity index (χ0) is 33.7. The van der Waals surface area contributed by atoms with E-state index >= 15 is 0 Å². The standard InChI is InChI=1S/C37H40N8O3/c1-5-30-29(21-38)36(41-26-12-13-33-25(18-26)22-40-45(33)23-27-10-7-8-14-39-27)28-19-32(34(47-6-2)20-31(28)42-30)43-35(46)11-9-15-44-16-17-48-37(3,4)24-44/h7-14,18-20,22H,5-6,15-17,23-24H2,1-4H3,(H,41,42)(H,43,46)/b11-9+. The molecule has 0 spiro atoms. The van der Waals surface area contributed by atoms with Crippen LogP contribution in [0.5, 0.6) is 5.75 Å². The van der Waals surface area contributed by atoms with Crippen LogP contribution in [0, 0.1) is 11.3 Å². The molecule has 5 aromatic rings. The molecule has 246 valence electrons. The summed E-state index contributed by atoms with van der Waals surface area (Å²) in [6, 6.07) is 17.8. The number of hydrogen-bond acceptors (Lipinski definition) is 9. The molecule has 0 aliphatic carbocycles. The largest absolute Gasteiger partial charge is 0.492 e. The highest BCUT2D eigenvalue weighted by atomic mass is 16.5. The highest BCUT2D eigenvalue weighted by Gasteiger charge is 2.26. The lowest BCUT2D eigenvalue weighted by Gasteiger charge is -2.37. The summed E-state index contributed by atoms with van der Waals surface area (Å²) < 4.78 is 13.7. The first kappa shape index (κ1) is 32.6. The molecule has 1 aliphatic rings. The molecule has 2 N–H and O–H groups in total. The lowest BCUT2D eigenvalue weighted by Crippen LogP contribution is -2.48. The van der Waals surface area contributed by atoms with Crippen LogP contribution in [0.2, 0.25) is 0 Å². The predicted octanol–water partition coefficient (Wildman–Crippen LogP) is 6.21. The van der Waals surface area contributed by atoms with Gasteiger partial charge in [-0.05, 0) is 63.6 Å². The quantitative estimate of drug-likeness (QED) is 0.161. The van der Waals surface area contributed by atoms with Crippen LogP contribution in [0.15, 0.2) is 73.1 Å². The Labute approximate surface area is 280 Å². The number of aryl methyl sites for hydroxylation is 1. The maximum absolute atomic E-state index is 13.1. The highest BCUT2D eigenvalue weighted by molar-refractivity contribution is 6.05. The van der Waals surface area contributed by atoms with Crippen molar-refractivity contribution in [1.29, 1.82) is 5.26 Å².